The zero-order valence-corrected chi connectivity index (χ0v) is 12.0. The van der Waals surface area contributed by atoms with Gasteiger partial charge in [-0.25, -0.2) is 0 Å². The van der Waals surface area contributed by atoms with Crippen LogP contribution in [-0.4, -0.2) is 31.4 Å². The summed E-state index contributed by atoms with van der Waals surface area (Å²) >= 11 is 1.71. The molecule has 0 aromatic carbocycles. The summed E-state index contributed by atoms with van der Waals surface area (Å²) in [5.74, 6) is 0.505. The molecule has 3 nitrogen and oxygen atoms in total. The van der Waals surface area contributed by atoms with E-state index in [-0.39, 0.29) is 17.9 Å². The molecule has 1 aliphatic carbocycles. The van der Waals surface area contributed by atoms with E-state index < -0.39 is 0 Å². The third kappa shape index (κ3) is 3.33. The molecular weight excluding hydrogens is 244 g/mol. The van der Waals surface area contributed by atoms with E-state index in [4.69, 9.17) is 0 Å². The molecule has 0 radical (unpaired) electrons. The molecule has 4 heteroatoms. The van der Waals surface area contributed by atoms with Crippen LogP contribution in [0, 0.1) is 5.92 Å². The monoisotopic (exact) mass is 266 g/mol. The van der Waals surface area contributed by atoms with Gasteiger partial charge in [-0.05, 0) is 49.3 Å². The average molecular weight is 266 g/mol. The fraction of sp³-hybridized carbons (Fsp3) is 0.643. The zero-order chi connectivity index (χ0) is 13.0. The summed E-state index contributed by atoms with van der Waals surface area (Å²) in [6.07, 6.45) is 4.55. The molecule has 18 heavy (non-hydrogen) atoms. The molecule has 1 heterocycles. The van der Waals surface area contributed by atoms with Crippen molar-refractivity contribution in [2.24, 2.45) is 5.92 Å². The van der Waals surface area contributed by atoms with E-state index in [0.29, 0.717) is 6.54 Å². The maximum absolute atomic E-state index is 12.0. The number of rotatable bonds is 5. The molecule has 1 aromatic rings. The maximum atomic E-state index is 12.0. The van der Waals surface area contributed by atoms with Crippen LogP contribution in [0.25, 0.3) is 0 Å². The van der Waals surface area contributed by atoms with Crippen LogP contribution in [-0.2, 0) is 4.79 Å². The van der Waals surface area contributed by atoms with Crippen LogP contribution < -0.4 is 5.32 Å². The highest BCUT2D eigenvalue weighted by Gasteiger charge is 2.23. The van der Waals surface area contributed by atoms with Gasteiger partial charge in [0.1, 0.15) is 0 Å². The van der Waals surface area contributed by atoms with Crippen molar-refractivity contribution in [2.75, 3.05) is 20.6 Å². The molecule has 1 N–H and O–H groups in total. The first-order valence-corrected chi connectivity index (χ1v) is 7.59. The molecule has 2 rings (SSSR count). The minimum atomic E-state index is 0.245. The molecule has 1 atom stereocenters. The molecule has 100 valence electrons. The average Bonchev–Trinajstić information content (AvgIpc) is 3.01. The lowest BCUT2D eigenvalue weighted by atomic mass is 10.1. The summed E-state index contributed by atoms with van der Waals surface area (Å²) in [5, 5.41) is 7.37. The summed E-state index contributed by atoms with van der Waals surface area (Å²) in [4.78, 5) is 14.2. The molecule has 0 spiro atoms. The Morgan fingerprint density at radius 3 is 2.78 bits per heavy atom. The summed E-state index contributed by atoms with van der Waals surface area (Å²) in [6, 6.07) is 2.42. The first-order chi connectivity index (χ1) is 8.68. The van der Waals surface area contributed by atoms with Crippen molar-refractivity contribution in [1.29, 1.82) is 0 Å². The van der Waals surface area contributed by atoms with E-state index in [0.717, 1.165) is 12.8 Å². The van der Waals surface area contributed by atoms with Gasteiger partial charge >= 0.3 is 0 Å². The predicted molar refractivity (Wildman–Crippen MR) is 75.7 cm³/mol. The molecule has 0 saturated heterocycles. The highest BCUT2D eigenvalue weighted by Crippen LogP contribution is 2.25. The van der Waals surface area contributed by atoms with Crippen molar-refractivity contribution in [2.45, 2.75) is 31.7 Å². The Morgan fingerprint density at radius 1 is 1.50 bits per heavy atom. The minimum absolute atomic E-state index is 0.245. The largest absolute Gasteiger partial charge is 0.354 e. The van der Waals surface area contributed by atoms with Crippen LogP contribution in [0.4, 0.5) is 0 Å². The van der Waals surface area contributed by atoms with Crippen LogP contribution in [0.2, 0.25) is 0 Å². The molecule has 0 bridgehead atoms. The van der Waals surface area contributed by atoms with Crippen LogP contribution in [0.5, 0.6) is 0 Å². The SMILES string of the molecule is CN(C)C(CNC(=O)C1CCCC1)c1ccsc1. The first-order valence-electron chi connectivity index (χ1n) is 6.64. The summed E-state index contributed by atoms with van der Waals surface area (Å²) in [7, 11) is 4.12. The summed E-state index contributed by atoms with van der Waals surface area (Å²) in [5.41, 5.74) is 1.29. The lowest BCUT2D eigenvalue weighted by molar-refractivity contribution is -0.125. The second-order valence-electron chi connectivity index (χ2n) is 5.26. The van der Waals surface area contributed by atoms with E-state index in [1.54, 1.807) is 11.3 Å². The van der Waals surface area contributed by atoms with Gasteiger partial charge in [0.2, 0.25) is 5.91 Å². The molecule has 1 fully saturated rings. The normalized spacial score (nSPS) is 18.2. The Kier molecular flexibility index (Phi) is 4.78. The van der Waals surface area contributed by atoms with Crippen LogP contribution in [0.1, 0.15) is 37.3 Å². The fourth-order valence-electron chi connectivity index (χ4n) is 2.59. The second-order valence-corrected chi connectivity index (χ2v) is 6.04. The molecule has 1 aromatic heterocycles. The number of amides is 1. The summed E-state index contributed by atoms with van der Waals surface area (Å²) in [6.45, 7) is 0.707. The lowest BCUT2D eigenvalue weighted by Gasteiger charge is -2.24. The Bertz CT molecular complexity index is 369. The fourth-order valence-corrected chi connectivity index (χ4v) is 3.30. The van der Waals surface area contributed by atoms with Crippen molar-refractivity contribution in [3.63, 3.8) is 0 Å². The van der Waals surface area contributed by atoms with Crippen molar-refractivity contribution in [1.82, 2.24) is 10.2 Å². The zero-order valence-electron chi connectivity index (χ0n) is 11.2. The minimum Gasteiger partial charge on any atom is -0.354 e. The number of hydrogen-bond acceptors (Lipinski definition) is 3. The van der Waals surface area contributed by atoms with Gasteiger partial charge in [0.15, 0.2) is 0 Å². The van der Waals surface area contributed by atoms with Gasteiger partial charge in [0.25, 0.3) is 0 Å². The van der Waals surface area contributed by atoms with E-state index in [9.17, 15) is 4.79 Å². The van der Waals surface area contributed by atoms with Crippen molar-refractivity contribution >= 4 is 17.2 Å². The van der Waals surface area contributed by atoms with Gasteiger partial charge in [-0.15, -0.1) is 0 Å². The van der Waals surface area contributed by atoms with Gasteiger partial charge < -0.3 is 10.2 Å². The van der Waals surface area contributed by atoms with Gasteiger partial charge in [-0.2, -0.15) is 11.3 Å². The van der Waals surface area contributed by atoms with E-state index in [1.165, 1.54) is 18.4 Å². The molecular formula is C14H22N2OS. The first kappa shape index (κ1) is 13.6. The highest BCUT2D eigenvalue weighted by molar-refractivity contribution is 7.07. The molecule has 0 aliphatic heterocycles. The van der Waals surface area contributed by atoms with Gasteiger partial charge in [0.05, 0.1) is 6.04 Å². The Morgan fingerprint density at radius 2 is 2.22 bits per heavy atom. The van der Waals surface area contributed by atoms with Gasteiger partial charge in [-0.1, -0.05) is 12.8 Å². The third-order valence-electron chi connectivity index (χ3n) is 3.75. The molecule has 1 saturated carbocycles. The molecule has 1 unspecified atom stereocenters. The maximum Gasteiger partial charge on any atom is 0.223 e. The van der Waals surface area contributed by atoms with Crippen LogP contribution in [0.15, 0.2) is 16.8 Å². The topological polar surface area (TPSA) is 32.3 Å². The Balaban J connectivity index is 1.88. The number of carbonyl (C=O) groups excluding carboxylic acids is 1. The number of carbonyl (C=O) groups is 1. The Hall–Kier alpha value is -0.870. The summed E-state index contributed by atoms with van der Waals surface area (Å²) < 4.78 is 0. The number of nitrogens with one attached hydrogen (secondary N) is 1. The van der Waals surface area contributed by atoms with Gasteiger partial charge in [-0.3, -0.25) is 4.79 Å². The second kappa shape index (κ2) is 6.34. The smallest absolute Gasteiger partial charge is 0.223 e. The van der Waals surface area contributed by atoms with E-state index in [1.807, 2.05) is 0 Å². The quantitative estimate of drug-likeness (QED) is 0.888. The standard InChI is InChI=1S/C14H22N2OS/c1-16(2)13(12-7-8-18-10-12)9-15-14(17)11-5-3-4-6-11/h7-8,10-11,13H,3-6,9H2,1-2H3,(H,15,17). The van der Waals surface area contributed by atoms with E-state index >= 15 is 0 Å². The van der Waals surface area contributed by atoms with E-state index in [2.05, 4.69) is 41.1 Å². The number of hydrogen-bond donors (Lipinski definition) is 1. The molecule has 1 aliphatic rings. The number of likely N-dealkylation sites (N-methyl/N-ethyl adjacent to an activating group) is 1. The Labute approximate surface area is 113 Å². The van der Waals surface area contributed by atoms with Crippen LogP contribution in [0.3, 0.4) is 0 Å². The van der Waals surface area contributed by atoms with Crippen LogP contribution >= 0.6 is 11.3 Å². The third-order valence-corrected chi connectivity index (χ3v) is 4.45. The highest BCUT2D eigenvalue weighted by atomic mass is 32.1. The number of thiophene rings is 1. The number of nitrogens with zero attached hydrogens (tertiary/aromatic N) is 1. The van der Waals surface area contributed by atoms with Gasteiger partial charge in [0, 0.05) is 12.5 Å². The molecule has 1 amide bonds. The van der Waals surface area contributed by atoms with Crippen molar-refractivity contribution in [3.8, 4) is 0 Å². The van der Waals surface area contributed by atoms with Crippen molar-refractivity contribution in [3.05, 3.63) is 22.4 Å². The predicted octanol–water partition coefficient (Wildman–Crippen LogP) is 2.66. The lowest BCUT2D eigenvalue weighted by Crippen LogP contribution is -2.37. The van der Waals surface area contributed by atoms with Crippen molar-refractivity contribution < 1.29 is 4.79 Å².